The van der Waals surface area contributed by atoms with Crippen molar-refractivity contribution in [2.45, 2.75) is 6.54 Å². The van der Waals surface area contributed by atoms with Gasteiger partial charge in [0.15, 0.2) is 0 Å². The molecule has 1 aromatic carbocycles. The van der Waals surface area contributed by atoms with Crippen LogP contribution in [0.25, 0.3) is 0 Å². The van der Waals surface area contributed by atoms with E-state index in [0.717, 1.165) is 5.56 Å². The lowest BCUT2D eigenvalue weighted by Gasteiger charge is -2.04. The van der Waals surface area contributed by atoms with Crippen molar-refractivity contribution in [1.29, 1.82) is 0 Å². The summed E-state index contributed by atoms with van der Waals surface area (Å²) in [6.45, 7) is 0.632. The van der Waals surface area contributed by atoms with Gasteiger partial charge in [-0.3, -0.25) is 0 Å². The van der Waals surface area contributed by atoms with Crippen LogP contribution >= 0.6 is 0 Å². The van der Waals surface area contributed by atoms with Crippen LogP contribution in [0, 0.1) is 0 Å². The van der Waals surface area contributed by atoms with Gasteiger partial charge in [0.25, 0.3) is 0 Å². The largest absolute Gasteiger partial charge is 0.470 e. The topological polar surface area (TPSA) is 29.3 Å². The molecule has 12 heavy (non-hydrogen) atoms. The summed E-state index contributed by atoms with van der Waals surface area (Å²) >= 11 is 0. The van der Waals surface area contributed by atoms with Gasteiger partial charge in [0, 0.05) is 5.56 Å². The maximum Gasteiger partial charge on any atom is 0.470 e. The fraction of sp³-hybridized carbons (Fsp3) is 0.111. The van der Waals surface area contributed by atoms with E-state index in [1.54, 1.807) is 0 Å². The Kier molecular flexibility index (Phi) is 1.63. The molecule has 1 aliphatic rings. The molecule has 3 nitrogen and oxygen atoms in total. The molecule has 0 radical (unpaired) electrons. The van der Waals surface area contributed by atoms with Crippen molar-refractivity contribution in [1.82, 2.24) is 0 Å². The highest BCUT2D eigenvalue weighted by Gasteiger charge is 2.27. The molecular weight excluding hydrogens is 154 g/mol. The zero-order valence-electron chi connectivity index (χ0n) is 6.43. The zero-order chi connectivity index (χ0) is 8.39. The maximum atomic E-state index is 10.4. The molecule has 0 atom stereocenters. The maximum absolute atomic E-state index is 10.4. The van der Waals surface area contributed by atoms with Crippen LogP contribution in [0.15, 0.2) is 30.3 Å². The summed E-state index contributed by atoms with van der Waals surface area (Å²) < 4.78 is 1.51. The highest BCUT2D eigenvalue weighted by atomic mass is 16.7. The fourth-order valence-corrected chi connectivity index (χ4v) is 1.08. The highest BCUT2D eigenvalue weighted by molar-refractivity contribution is 6.22. The second-order valence-electron chi connectivity index (χ2n) is 2.60. The predicted octanol–water partition coefficient (Wildman–Crippen LogP) is 0.742. The van der Waals surface area contributed by atoms with Gasteiger partial charge < -0.3 is 0 Å². The predicted molar refractivity (Wildman–Crippen MR) is 42.6 cm³/mol. The van der Waals surface area contributed by atoms with E-state index in [1.807, 2.05) is 30.3 Å². The minimum absolute atomic E-state index is 0.272. The van der Waals surface area contributed by atoms with Gasteiger partial charge in [-0.2, -0.15) is 4.84 Å². The average Bonchev–Trinajstić information content (AvgIpc) is 2.04. The number of carbonyl (C=O) groups is 1. The molecule has 0 spiro atoms. The lowest BCUT2D eigenvalue weighted by atomic mass is 10.2. The molecule has 0 N–H and O–H groups in total. The molecule has 2 rings (SSSR count). The van der Waals surface area contributed by atoms with Crippen LogP contribution in [0.4, 0.5) is 0 Å². The van der Waals surface area contributed by atoms with Gasteiger partial charge in [0.05, 0.1) is 0 Å². The highest BCUT2D eigenvalue weighted by Crippen LogP contribution is 2.03. The number of hydrogen-bond acceptors (Lipinski definition) is 2. The first-order valence-electron chi connectivity index (χ1n) is 3.72. The van der Waals surface area contributed by atoms with Gasteiger partial charge in [-0.15, -0.1) is 0 Å². The number of carbonyl (C=O) groups excluding carboxylic acids is 1. The summed E-state index contributed by atoms with van der Waals surface area (Å²) in [5, 5.41) is 0. The quantitative estimate of drug-likeness (QED) is 0.474. The Hall–Kier alpha value is -1.64. The zero-order valence-corrected chi connectivity index (χ0v) is 6.43. The van der Waals surface area contributed by atoms with Gasteiger partial charge >= 0.3 is 12.2 Å². The number of nitrogens with zero attached hydrogens (tertiary/aromatic N) is 1. The van der Waals surface area contributed by atoms with Crippen LogP contribution in [-0.2, 0) is 16.2 Å². The molecule has 60 valence electrons. The minimum atomic E-state index is -0.272. The minimum Gasteiger partial charge on any atom is -0.232 e. The Morgan fingerprint density at radius 1 is 1.25 bits per heavy atom. The monoisotopic (exact) mass is 162 g/mol. The van der Waals surface area contributed by atoms with Crippen LogP contribution in [0.2, 0.25) is 0 Å². The standard InChI is InChI=1S/C9H8NO2/c11-9-7-10(12-9)6-8-4-2-1-3-5-8/h1-5,7H,6H2/q+1. The van der Waals surface area contributed by atoms with E-state index in [-0.39, 0.29) is 5.97 Å². The van der Waals surface area contributed by atoms with E-state index in [0.29, 0.717) is 6.54 Å². The molecule has 1 aromatic rings. The van der Waals surface area contributed by atoms with Gasteiger partial charge in [-0.25, -0.2) is 4.79 Å². The smallest absolute Gasteiger partial charge is 0.232 e. The summed E-state index contributed by atoms with van der Waals surface area (Å²) in [5.74, 6) is -0.272. The first kappa shape index (κ1) is 7.03. The molecule has 0 bridgehead atoms. The van der Waals surface area contributed by atoms with Crippen molar-refractivity contribution in [2.75, 3.05) is 0 Å². The SMILES string of the molecule is O=C1C=[N+](Cc2ccccc2)O1. The molecule has 0 amide bonds. The Balaban J connectivity index is 2.06. The van der Waals surface area contributed by atoms with Gasteiger partial charge in [-0.1, -0.05) is 30.3 Å². The van der Waals surface area contributed by atoms with E-state index in [1.165, 1.54) is 11.0 Å². The lowest BCUT2D eigenvalue weighted by molar-refractivity contribution is -0.787. The number of rotatable bonds is 2. The van der Waals surface area contributed by atoms with E-state index in [9.17, 15) is 4.79 Å². The number of benzene rings is 1. The fourth-order valence-electron chi connectivity index (χ4n) is 1.08. The van der Waals surface area contributed by atoms with Crippen LogP contribution in [0.3, 0.4) is 0 Å². The van der Waals surface area contributed by atoms with E-state index >= 15 is 0 Å². The molecule has 0 aliphatic carbocycles. The van der Waals surface area contributed by atoms with Crippen molar-refractivity contribution in [2.24, 2.45) is 0 Å². The van der Waals surface area contributed by atoms with Crippen molar-refractivity contribution in [3.05, 3.63) is 35.9 Å². The van der Waals surface area contributed by atoms with Crippen molar-refractivity contribution in [3.8, 4) is 0 Å². The average molecular weight is 162 g/mol. The molecular formula is C9H8NO2+. The second-order valence-corrected chi connectivity index (χ2v) is 2.60. The summed E-state index contributed by atoms with van der Waals surface area (Å²) in [4.78, 5) is 15.1. The Morgan fingerprint density at radius 3 is 2.50 bits per heavy atom. The summed E-state index contributed by atoms with van der Waals surface area (Å²) in [6, 6.07) is 9.84. The van der Waals surface area contributed by atoms with Crippen molar-refractivity contribution >= 4 is 12.2 Å². The van der Waals surface area contributed by atoms with E-state index in [4.69, 9.17) is 0 Å². The first-order chi connectivity index (χ1) is 5.84. The molecule has 0 unspecified atom stereocenters. The van der Waals surface area contributed by atoms with Gasteiger partial charge in [-0.05, 0) is 4.74 Å². The summed E-state index contributed by atoms with van der Waals surface area (Å²) in [6.07, 6.45) is 1.44. The number of hydroxylamine groups is 1. The Bertz CT molecular complexity index is 330. The lowest BCUT2D eigenvalue weighted by Crippen LogP contribution is -2.32. The van der Waals surface area contributed by atoms with Crippen LogP contribution in [0.1, 0.15) is 5.56 Å². The third-order valence-electron chi connectivity index (χ3n) is 1.64. The van der Waals surface area contributed by atoms with Crippen LogP contribution in [-0.4, -0.2) is 16.9 Å². The third-order valence-corrected chi connectivity index (χ3v) is 1.64. The summed E-state index contributed by atoms with van der Waals surface area (Å²) in [5.41, 5.74) is 1.13. The summed E-state index contributed by atoms with van der Waals surface area (Å²) in [7, 11) is 0. The van der Waals surface area contributed by atoms with Gasteiger partial charge in [0.1, 0.15) is 0 Å². The Morgan fingerprint density at radius 2 is 1.92 bits per heavy atom. The molecule has 1 aliphatic heterocycles. The molecule has 0 saturated carbocycles. The van der Waals surface area contributed by atoms with Crippen LogP contribution in [0.5, 0.6) is 0 Å². The van der Waals surface area contributed by atoms with E-state index < -0.39 is 0 Å². The first-order valence-corrected chi connectivity index (χ1v) is 3.72. The molecule has 0 aromatic heterocycles. The normalized spacial score (nSPS) is 14.7. The molecule has 0 fully saturated rings. The third kappa shape index (κ3) is 1.34. The molecule has 3 heteroatoms. The van der Waals surface area contributed by atoms with Crippen molar-refractivity contribution in [3.63, 3.8) is 0 Å². The van der Waals surface area contributed by atoms with E-state index in [2.05, 4.69) is 4.84 Å². The van der Waals surface area contributed by atoms with Crippen LogP contribution < -0.4 is 0 Å². The van der Waals surface area contributed by atoms with Crippen molar-refractivity contribution < 1.29 is 14.4 Å². The number of hydrogen-bond donors (Lipinski definition) is 0. The molecule has 1 heterocycles. The second kappa shape index (κ2) is 2.77. The van der Waals surface area contributed by atoms with Gasteiger partial charge in [0.2, 0.25) is 6.54 Å². The molecule has 0 saturated heterocycles. The Labute approximate surface area is 69.9 Å².